The van der Waals surface area contributed by atoms with Gasteiger partial charge in [-0.25, -0.2) is 14.1 Å². The number of nitro benzene ring substituents is 1. The van der Waals surface area contributed by atoms with E-state index in [0.29, 0.717) is 16.3 Å². The van der Waals surface area contributed by atoms with Gasteiger partial charge in [-0.3, -0.25) is 20.0 Å². The number of aliphatic imine (C=N–C) groups is 1. The first-order valence-corrected chi connectivity index (χ1v) is 8.68. The van der Waals surface area contributed by atoms with Gasteiger partial charge in [-0.2, -0.15) is 5.26 Å². The second-order valence-corrected chi connectivity index (χ2v) is 6.48. The lowest BCUT2D eigenvalue weighted by molar-refractivity contribution is -0.384. The molecule has 8 nitrogen and oxygen atoms in total. The van der Waals surface area contributed by atoms with Crippen molar-refractivity contribution in [1.29, 1.82) is 5.26 Å². The summed E-state index contributed by atoms with van der Waals surface area (Å²) >= 11 is 0.801. The predicted molar refractivity (Wildman–Crippen MR) is 103 cm³/mol. The number of benzene rings is 2. The minimum absolute atomic E-state index is 0.0561. The van der Waals surface area contributed by atoms with Gasteiger partial charge in [-0.1, -0.05) is 0 Å². The van der Waals surface area contributed by atoms with Crippen LogP contribution in [0.1, 0.15) is 11.3 Å². The summed E-state index contributed by atoms with van der Waals surface area (Å²) in [5.41, 5.74) is 0.515. The van der Waals surface area contributed by atoms with Crippen molar-refractivity contribution in [2.45, 2.75) is 11.8 Å². The van der Waals surface area contributed by atoms with Crippen LogP contribution in [0.15, 0.2) is 57.1 Å². The van der Waals surface area contributed by atoms with E-state index >= 15 is 0 Å². The van der Waals surface area contributed by atoms with E-state index in [4.69, 9.17) is 5.26 Å². The molecule has 0 saturated carbocycles. The number of nitriles is 1. The Kier molecular flexibility index (Phi) is 5.37. The molecule has 0 aliphatic rings. The molecule has 0 spiro atoms. The maximum atomic E-state index is 13.1. The fourth-order valence-electron chi connectivity index (χ4n) is 2.49. The van der Waals surface area contributed by atoms with Crippen LogP contribution in [0, 0.1) is 33.5 Å². The number of thiocyanates is 1. The highest BCUT2D eigenvalue weighted by Gasteiger charge is 2.16. The number of nitrogens with zero attached hydrogens (tertiary/aromatic N) is 4. The lowest BCUT2D eigenvalue weighted by Crippen LogP contribution is -2.17. The second-order valence-electron chi connectivity index (χ2n) is 5.63. The first kappa shape index (κ1) is 19.1. The number of halogens is 1. The Bertz CT molecular complexity index is 1180. The fraction of sp³-hybridized carbons (Fsp3) is 0.0556. The molecule has 2 aromatic carbocycles. The van der Waals surface area contributed by atoms with Crippen molar-refractivity contribution in [2.24, 2.45) is 4.99 Å². The number of nitro groups is 1. The fourth-order valence-corrected chi connectivity index (χ4v) is 2.90. The Hall–Kier alpha value is -3.71. The zero-order valence-corrected chi connectivity index (χ0v) is 15.2. The predicted octanol–water partition coefficient (Wildman–Crippen LogP) is 3.85. The first-order chi connectivity index (χ1) is 13.4. The minimum atomic E-state index is -0.602. The smallest absolute Gasteiger partial charge is 0.295 e. The van der Waals surface area contributed by atoms with Crippen LogP contribution in [-0.2, 0) is 0 Å². The SMILES string of the molecule is Cc1[nH]n(-c2ccc(F)cc2)c(=O)c1C=Nc1ccc(SC#N)cc1[N+](=O)[O-]. The summed E-state index contributed by atoms with van der Waals surface area (Å²) in [5.74, 6) is -0.424. The highest BCUT2D eigenvalue weighted by Crippen LogP contribution is 2.31. The maximum absolute atomic E-state index is 13.1. The van der Waals surface area contributed by atoms with Crippen LogP contribution in [-0.4, -0.2) is 20.9 Å². The van der Waals surface area contributed by atoms with Gasteiger partial charge < -0.3 is 0 Å². The molecule has 0 bridgehead atoms. The number of aryl methyl sites for hydroxylation is 1. The summed E-state index contributed by atoms with van der Waals surface area (Å²) in [5, 5.41) is 24.7. The van der Waals surface area contributed by atoms with Crippen molar-refractivity contribution in [1.82, 2.24) is 9.78 Å². The second kappa shape index (κ2) is 7.89. The molecule has 10 heteroatoms. The summed E-state index contributed by atoms with van der Waals surface area (Å²) in [6, 6.07) is 9.56. The van der Waals surface area contributed by atoms with Crippen molar-refractivity contribution in [3.8, 4) is 11.1 Å². The number of rotatable bonds is 5. The number of aromatic amines is 1. The van der Waals surface area contributed by atoms with E-state index in [0.717, 1.165) is 11.8 Å². The molecule has 0 unspecified atom stereocenters. The number of H-pyrrole nitrogens is 1. The van der Waals surface area contributed by atoms with E-state index < -0.39 is 16.3 Å². The zero-order valence-electron chi connectivity index (χ0n) is 14.4. The highest BCUT2D eigenvalue weighted by atomic mass is 32.2. The van der Waals surface area contributed by atoms with Crippen molar-refractivity contribution in [2.75, 3.05) is 0 Å². The van der Waals surface area contributed by atoms with Gasteiger partial charge in [0.1, 0.15) is 16.9 Å². The molecule has 140 valence electrons. The van der Waals surface area contributed by atoms with Gasteiger partial charge in [0, 0.05) is 22.9 Å². The molecule has 1 heterocycles. The highest BCUT2D eigenvalue weighted by molar-refractivity contribution is 8.03. The third-order valence-electron chi connectivity index (χ3n) is 3.84. The van der Waals surface area contributed by atoms with Crippen LogP contribution in [0.5, 0.6) is 0 Å². The average Bonchev–Trinajstić information content (AvgIpc) is 2.95. The quantitative estimate of drug-likeness (QED) is 0.231. The van der Waals surface area contributed by atoms with Crippen LogP contribution in [0.3, 0.4) is 0 Å². The Morgan fingerprint density at radius 3 is 2.68 bits per heavy atom. The standard InChI is InChI=1S/C18H12FN5O3S/c1-11-15(18(25)23(22-11)13-4-2-12(19)3-5-13)9-21-16-7-6-14(28-10-20)8-17(16)24(26)27/h2-9,22H,1H3. The van der Waals surface area contributed by atoms with Crippen LogP contribution in [0.25, 0.3) is 5.69 Å². The molecule has 0 aliphatic heterocycles. The Labute approximate surface area is 162 Å². The molecule has 1 N–H and O–H groups in total. The van der Waals surface area contributed by atoms with E-state index in [2.05, 4.69) is 10.1 Å². The lowest BCUT2D eigenvalue weighted by atomic mass is 10.2. The third-order valence-corrected chi connectivity index (χ3v) is 4.42. The number of nitrogens with one attached hydrogen (secondary N) is 1. The van der Waals surface area contributed by atoms with Crippen LogP contribution in [0.4, 0.5) is 15.8 Å². The van der Waals surface area contributed by atoms with Gasteiger partial charge >= 0.3 is 0 Å². The number of aromatic nitrogens is 2. The van der Waals surface area contributed by atoms with Gasteiger partial charge in [0.25, 0.3) is 11.2 Å². The lowest BCUT2D eigenvalue weighted by Gasteiger charge is -2.00. The van der Waals surface area contributed by atoms with Gasteiger partial charge in [-0.05, 0) is 55.1 Å². The van der Waals surface area contributed by atoms with Gasteiger partial charge in [-0.15, -0.1) is 0 Å². The summed E-state index contributed by atoms with van der Waals surface area (Å²) in [4.78, 5) is 27.8. The molecule has 1 aromatic heterocycles. The summed E-state index contributed by atoms with van der Waals surface area (Å²) in [7, 11) is 0. The van der Waals surface area contributed by atoms with E-state index in [1.54, 1.807) is 6.92 Å². The summed E-state index contributed by atoms with van der Waals surface area (Å²) < 4.78 is 14.3. The zero-order chi connectivity index (χ0) is 20.3. The molecule has 0 amide bonds. The molecule has 0 radical (unpaired) electrons. The maximum Gasteiger partial charge on any atom is 0.295 e. The number of thioether (sulfide) groups is 1. The molecule has 0 saturated heterocycles. The van der Waals surface area contributed by atoms with Gasteiger partial charge in [0.05, 0.1) is 16.2 Å². The Morgan fingerprint density at radius 2 is 2.04 bits per heavy atom. The molecule has 3 rings (SSSR count). The normalized spacial score (nSPS) is 10.9. The monoisotopic (exact) mass is 397 g/mol. The topological polar surface area (TPSA) is 117 Å². The van der Waals surface area contributed by atoms with Gasteiger partial charge in [0.2, 0.25) is 0 Å². The molecular weight excluding hydrogens is 385 g/mol. The van der Waals surface area contributed by atoms with E-state index in [9.17, 15) is 19.3 Å². The Balaban J connectivity index is 2.00. The molecule has 28 heavy (non-hydrogen) atoms. The van der Waals surface area contributed by atoms with Crippen molar-refractivity contribution in [3.05, 3.63) is 80.0 Å². The van der Waals surface area contributed by atoms with Crippen LogP contribution < -0.4 is 5.56 Å². The third kappa shape index (κ3) is 3.84. The Morgan fingerprint density at radius 1 is 1.32 bits per heavy atom. The van der Waals surface area contributed by atoms with E-state index in [1.165, 1.54) is 53.4 Å². The molecule has 0 fully saturated rings. The molecule has 3 aromatic rings. The van der Waals surface area contributed by atoms with Crippen molar-refractivity contribution < 1.29 is 9.31 Å². The van der Waals surface area contributed by atoms with Crippen molar-refractivity contribution >= 4 is 29.4 Å². The van der Waals surface area contributed by atoms with Crippen LogP contribution >= 0.6 is 11.8 Å². The molecular formula is C18H12FN5O3S. The van der Waals surface area contributed by atoms with Crippen LogP contribution in [0.2, 0.25) is 0 Å². The first-order valence-electron chi connectivity index (χ1n) is 7.86. The average molecular weight is 397 g/mol. The minimum Gasteiger partial charge on any atom is -0.295 e. The molecule has 0 aliphatic carbocycles. The van der Waals surface area contributed by atoms with Gasteiger partial charge in [0.15, 0.2) is 0 Å². The summed E-state index contributed by atoms with van der Waals surface area (Å²) in [6.45, 7) is 1.66. The molecule has 0 atom stereocenters. The number of hydrogen-bond acceptors (Lipinski definition) is 6. The largest absolute Gasteiger partial charge is 0.295 e. The summed E-state index contributed by atoms with van der Waals surface area (Å²) in [6.07, 6.45) is 1.24. The number of hydrogen-bond donors (Lipinski definition) is 1. The van der Waals surface area contributed by atoms with Crippen molar-refractivity contribution in [3.63, 3.8) is 0 Å². The van der Waals surface area contributed by atoms with E-state index in [-0.39, 0.29) is 16.9 Å². The van der Waals surface area contributed by atoms with E-state index in [1.807, 2.05) is 5.40 Å².